The SMILES string of the molecule is CC(C)OC1CCC(C)C1OP(C)(=O)OC(C)C.CC(C)OC1COC(C)C1OP(C)(=O)OC(C)C. The minimum Gasteiger partial charge on any atom is -0.373 e. The fourth-order valence-electron chi connectivity index (χ4n) is 4.41. The van der Waals surface area contributed by atoms with E-state index in [2.05, 4.69) is 6.92 Å². The molecule has 2 aliphatic rings. The molecule has 0 bridgehead atoms. The molecule has 0 N–H and O–H groups in total. The summed E-state index contributed by atoms with van der Waals surface area (Å²) < 4.78 is 63.6. The smallest absolute Gasteiger partial charge is 0.328 e. The lowest BCUT2D eigenvalue weighted by atomic mass is 10.1. The van der Waals surface area contributed by atoms with Crippen molar-refractivity contribution in [1.29, 1.82) is 0 Å². The van der Waals surface area contributed by atoms with Crippen molar-refractivity contribution >= 4 is 15.2 Å². The third-order valence-corrected chi connectivity index (χ3v) is 8.37. The summed E-state index contributed by atoms with van der Waals surface area (Å²) in [4.78, 5) is 0. The molecule has 8 atom stereocenters. The van der Waals surface area contributed by atoms with Gasteiger partial charge in [0, 0.05) is 13.3 Å². The molecule has 0 radical (unpaired) electrons. The molecule has 8 unspecified atom stereocenters. The van der Waals surface area contributed by atoms with Crippen LogP contribution in [0.5, 0.6) is 0 Å². The van der Waals surface area contributed by atoms with E-state index in [1.165, 1.54) is 6.66 Å². The van der Waals surface area contributed by atoms with Gasteiger partial charge in [0.15, 0.2) is 0 Å². The molecule has 0 aromatic heterocycles. The Morgan fingerprint density at radius 1 is 0.667 bits per heavy atom. The van der Waals surface area contributed by atoms with Gasteiger partial charge in [-0.15, -0.1) is 0 Å². The van der Waals surface area contributed by atoms with Gasteiger partial charge in [0.1, 0.15) is 12.2 Å². The van der Waals surface area contributed by atoms with Crippen molar-refractivity contribution in [3.8, 4) is 0 Å². The van der Waals surface area contributed by atoms with E-state index in [1.807, 2.05) is 62.3 Å². The summed E-state index contributed by atoms with van der Waals surface area (Å²) in [5, 5.41) is 0. The third kappa shape index (κ3) is 12.8. The molecule has 0 amide bonds. The van der Waals surface area contributed by atoms with Crippen LogP contribution in [0.3, 0.4) is 0 Å². The first kappa shape index (κ1) is 34.2. The van der Waals surface area contributed by atoms with Crippen LogP contribution in [-0.2, 0) is 41.4 Å². The van der Waals surface area contributed by atoms with E-state index in [4.69, 9.17) is 32.3 Å². The molecule has 36 heavy (non-hydrogen) atoms. The summed E-state index contributed by atoms with van der Waals surface area (Å²) >= 11 is 0. The highest BCUT2D eigenvalue weighted by Gasteiger charge is 2.41. The first-order valence-corrected chi connectivity index (χ1v) is 17.2. The fourth-order valence-corrected chi connectivity index (χ4v) is 7.57. The summed E-state index contributed by atoms with van der Waals surface area (Å²) in [6, 6.07) is 0. The van der Waals surface area contributed by atoms with Gasteiger partial charge in [0.05, 0.1) is 49.3 Å². The van der Waals surface area contributed by atoms with Gasteiger partial charge in [-0.3, -0.25) is 13.7 Å². The van der Waals surface area contributed by atoms with Gasteiger partial charge in [-0.25, -0.2) is 0 Å². The summed E-state index contributed by atoms with van der Waals surface area (Å²) in [5.74, 6) is 0.359. The lowest BCUT2D eigenvalue weighted by molar-refractivity contribution is -0.0524. The van der Waals surface area contributed by atoms with E-state index in [1.54, 1.807) is 6.66 Å². The summed E-state index contributed by atoms with van der Waals surface area (Å²) in [6.07, 6.45) is 1.25. The standard InChI is InChI=1S/C13H27O4P.C12H25O5P/c1-9(2)15-12-8-7-11(5)13(12)17-18(6,14)16-10(3)4;1-8(2)15-11-7-14-10(5)12(11)17-18(6,13)16-9(3)4/h9-13H,7-8H2,1-6H3;8-12H,7H2,1-6H3. The molecule has 2 rings (SSSR count). The molecule has 1 saturated carbocycles. The van der Waals surface area contributed by atoms with Crippen molar-refractivity contribution < 1.29 is 41.4 Å². The maximum atomic E-state index is 12.3. The molecule has 1 aliphatic carbocycles. The number of ether oxygens (including phenoxy) is 3. The summed E-state index contributed by atoms with van der Waals surface area (Å²) in [6.45, 7) is 22.8. The second-order valence-corrected chi connectivity index (χ2v) is 15.0. The van der Waals surface area contributed by atoms with Gasteiger partial charge in [-0.1, -0.05) is 6.92 Å². The maximum absolute atomic E-state index is 12.3. The lowest BCUT2D eigenvalue weighted by Gasteiger charge is -2.28. The minimum atomic E-state index is -3.08. The average molecular weight is 559 g/mol. The number of hydrogen-bond donors (Lipinski definition) is 0. The zero-order valence-electron chi connectivity index (χ0n) is 24.5. The Bertz CT molecular complexity index is 668. The van der Waals surface area contributed by atoms with Crippen LogP contribution in [0.2, 0.25) is 0 Å². The van der Waals surface area contributed by atoms with Crippen molar-refractivity contribution in [3.05, 3.63) is 0 Å². The predicted molar refractivity (Wildman–Crippen MR) is 143 cm³/mol. The number of rotatable bonds is 12. The Labute approximate surface area is 219 Å². The predicted octanol–water partition coefficient (Wildman–Crippen LogP) is 6.67. The summed E-state index contributed by atoms with van der Waals surface area (Å²) in [5.41, 5.74) is 0. The molecule has 216 valence electrons. The topological polar surface area (TPSA) is 98.8 Å². The Balaban J connectivity index is 0.000000360. The van der Waals surface area contributed by atoms with Crippen molar-refractivity contribution in [3.63, 3.8) is 0 Å². The lowest BCUT2D eigenvalue weighted by Crippen LogP contribution is -2.35. The van der Waals surface area contributed by atoms with Crippen LogP contribution in [0, 0.1) is 5.92 Å². The highest BCUT2D eigenvalue weighted by Crippen LogP contribution is 2.50. The van der Waals surface area contributed by atoms with Gasteiger partial charge >= 0.3 is 15.2 Å². The zero-order valence-corrected chi connectivity index (χ0v) is 26.3. The second kappa shape index (κ2) is 15.1. The van der Waals surface area contributed by atoms with Crippen LogP contribution in [-0.4, -0.2) is 74.9 Å². The van der Waals surface area contributed by atoms with Crippen molar-refractivity contribution in [1.82, 2.24) is 0 Å². The second-order valence-electron chi connectivity index (χ2n) is 11.0. The number of hydrogen-bond acceptors (Lipinski definition) is 9. The highest BCUT2D eigenvalue weighted by atomic mass is 31.2. The molecule has 1 aliphatic heterocycles. The molecule has 0 spiro atoms. The Kier molecular flexibility index (Phi) is 14.3. The van der Waals surface area contributed by atoms with Crippen molar-refractivity contribution in [2.24, 2.45) is 5.92 Å². The van der Waals surface area contributed by atoms with Gasteiger partial charge in [-0.05, 0) is 81.1 Å². The Hall–Kier alpha value is 0.180. The Morgan fingerprint density at radius 2 is 1.11 bits per heavy atom. The monoisotopic (exact) mass is 558 g/mol. The van der Waals surface area contributed by atoms with Crippen LogP contribution in [0.1, 0.15) is 82.1 Å². The van der Waals surface area contributed by atoms with Gasteiger partial charge in [0.25, 0.3) is 0 Å². The van der Waals surface area contributed by atoms with E-state index in [0.29, 0.717) is 12.5 Å². The normalized spacial score (nSPS) is 32.1. The van der Waals surface area contributed by atoms with Crippen LogP contribution in [0.25, 0.3) is 0 Å². The third-order valence-electron chi connectivity index (χ3n) is 5.51. The van der Waals surface area contributed by atoms with Gasteiger partial charge < -0.3 is 27.8 Å². The minimum absolute atomic E-state index is 0.0315. The van der Waals surface area contributed by atoms with Crippen LogP contribution in [0.4, 0.5) is 0 Å². The fraction of sp³-hybridized carbons (Fsp3) is 1.00. The van der Waals surface area contributed by atoms with Crippen LogP contribution < -0.4 is 0 Å². The van der Waals surface area contributed by atoms with E-state index in [9.17, 15) is 9.13 Å². The molecule has 11 heteroatoms. The molecule has 2 fully saturated rings. The molecule has 1 heterocycles. The quantitative estimate of drug-likeness (QED) is 0.243. The Morgan fingerprint density at radius 3 is 1.56 bits per heavy atom. The zero-order chi connectivity index (χ0) is 27.8. The van der Waals surface area contributed by atoms with Gasteiger partial charge in [0.2, 0.25) is 0 Å². The van der Waals surface area contributed by atoms with Crippen LogP contribution >= 0.6 is 15.2 Å². The average Bonchev–Trinajstić information content (AvgIpc) is 3.16. The van der Waals surface area contributed by atoms with E-state index < -0.39 is 15.2 Å². The van der Waals surface area contributed by atoms with Crippen LogP contribution in [0.15, 0.2) is 0 Å². The molecule has 1 saturated heterocycles. The highest BCUT2D eigenvalue weighted by molar-refractivity contribution is 7.53. The molecular formula is C25H52O9P2. The molecular weight excluding hydrogens is 506 g/mol. The maximum Gasteiger partial charge on any atom is 0.328 e. The largest absolute Gasteiger partial charge is 0.373 e. The van der Waals surface area contributed by atoms with Gasteiger partial charge in [-0.2, -0.15) is 0 Å². The van der Waals surface area contributed by atoms with Crippen molar-refractivity contribution in [2.45, 2.75) is 137 Å². The van der Waals surface area contributed by atoms with E-state index in [-0.39, 0.29) is 54.9 Å². The molecule has 0 aromatic rings. The first-order valence-electron chi connectivity index (χ1n) is 13.2. The first-order chi connectivity index (χ1) is 16.4. The molecule has 0 aromatic carbocycles. The summed E-state index contributed by atoms with van der Waals surface area (Å²) in [7, 11) is -6.07. The molecule has 9 nitrogen and oxygen atoms in total. The van der Waals surface area contributed by atoms with Crippen molar-refractivity contribution in [2.75, 3.05) is 19.9 Å². The van der Waals surface area contributed by atoms with E-state index >= 15 is 0 Å². The van der Waals surface area contributed by atoms with E-state index in [0.717, 1.165) is 12.8 Å².